The van der Waals surface area contributed by atoms with Gasteiger partial charge in [0.15, 0.2) is 0 Å². The molecule has 0 atom stereocenters. The summed E-state index contributed by atoms with van der Waals surface area (Å²) < 4.78 is 10.7. The van der Waals surface area contributed by atoms with Crippen LogP contribution in [0.3, 0.4) is 0 Å². The Kier molecular flexibility index (Phi) is 3.45. The third kappa shape index (κ3) is 1.82. The summed E-state index contributed by atoms with van der Waals surface area (Å²) in [6.45, 7) is 3.71. The number of rotatable bonds is 4. The quantitative estimate of drug-likeness (QED) is 0.812. The summed E-state index contributed by atoms with van der Waals surface area (Å²) in [6.07, 6.45) is 0.987. The van der Waals surface area contributed by atoms with E-state index in [1.807, 2.05) is 0 Å². The highest BCUT2D eigenvalue weighted by molar-refractivity contribution is 7.80. The Morgan fingerprint density at radius 1 is 1.44 bits per heavy atom. The number of aryl methyl sites for hydroxylation is 1. The molecule has 0 N–H and O–H groups in total. The normalized spacial score (nSPS) is 17.9. The molecule has 0 spiro atoms. The van der Waals surface area contributed by atoms with Gasteiger partial charge < -0.3 is 9.47 Å². The van der Waals surface area contributed by atoms with Crippen molar-refractivity contribution >= 4 is 12.6 Å². The van der Waals surface area contributed by atoms with Crippen LogP contribution in [0.4, 0.5) is 0 Å². The summed E-state index contributed by atoms with van der Waals surface area (Å²) in [5.41, 5.74) is 2.71. The van der Waals surface area contributed by atoms with Gasteiger partial charge >= 0.3 is 0 Å². The van der Waals surface area contributed by atoms with Crippen molar-refractivity contribution in [1.82, 2.24) is 0 Å². The molecule has 16 heavy (non-hydrogen) atoms. The van der Waals surface area contributed by atoms with Gasteiger partial charge in [-0.3, -0.25) is 0 Å². The van der Waals surface area contributed by atoms with Crippen molar-refractivity contribution in [3.8, 4) is 5.75 Å². The van der Waals surface area contributed by atoms with Crippen LogP contribution in [0.1, 0.15) is 18.1 Å². The van der Waals surface area contributed by atoms with E-state index in [4.69, 9.17) is 9.47 Å². The molecule has 3 heteroatoms. The van der Waals surface area contributed by atoms with Crippen molar-refractivity contribution in [3.05, 3.63) is 29.3 Å². The van der Waals surface area contributed by atoms with E-state index in [1.54, 1.807) is 7.11 Å². The fourth-order valence-electron chi connectivity index (χ4n) is 2.08. The van der Waals surface area contributed by atoms with E-state index < -0.39 is 0 Å². The van der Waals surface area contributed by atoms with Gasteiger partial charge in [0.2, 0.25) is 0 Å². The van der Waals surface area contributed by atoms with Crippen molar-refractivity contribution < 1.29 is 9.47 Å². The van der Waals surface area contributed by atoms with Crippen LogP contribution < -0.4 is 4.74 Å². The molecule has 1 aromatic carbocycles. The summed E-state index contributed by atoms with van der Waals surface area (Å²) in [6, 6.07) is 6.42. The monoisotopic (exact) mass is 238 g/mol. The maximum absolute atomic E-state index is 5.34. The minimum absolute atomic E-state index is 0.124. The minimum atomic E-state index is 0.124. The van der Waals surface area contributed by atoms with Crippen LogP contribution in [0.25, 0.3) is 0 Å². The van der Waals surface area contributed by atoms with Gasteiger partial charge in [0.1, 0.15) is 5.75 Å². The molecule has 1 aromatic rings. The first-order valence-electron chi connectivity index (χ1n) is 5.62. The second kappa shape index (κ2) is 4.68. The van der Waals surface area contributed by atoms with Gasteiger partial charge in [-0.2, -0.15) is 12.6 Å². The van der Waals surface area contributed by atoms with Crippen molar-refractivity contribution in [1.29, 1.82) is 0 Å². The Labute approximate surface area is 102 Å². The largest absolute Gasteiger partial charge is 0.496 e. The third-order valence-corrected chi connectivity index (χ3v) is 3.94. The molecule has 0 amide bonds. The first-order valence-corrected chi connectivity index (χ1v) is 6.25. The van der Waals surface area contributed by atoms with Crippen LogP contribution in [0.15, 0.2) is 18.2 Å². The Balaban J connectivity index is 2.35. The maximum atomic E-state index is 5.34. The molecule has 0 unspecified atom stereocenters. The number of ether oxygens (including phenoxy) is 2. The number of hydrogen-bond donors (Lipinski definition) is 1. The van der Waals surface area contributed by atoms with Crippen LogP contribution in [-0.2, 0) is 16.6 Å². The summed E-state index contributed by atoms with van der Waals surface area (Å²) in [4.78, 5) is 0. The second-order valence-electron chi connectivity index (χ2n) is 4.31. The standard InChI is InChI=1S/C13H18O2S/c1-3-10-6-11(4-5-12(10)14-2)13(9-16)7-15-8-13/h4-6,16H,3,7-9H2,1-2H3. The summed E-state index contributed by atoms with van der Waals surface area (Å²) in [5, 5.41) is 0. The predicted octanol–water partition coefficient (Wildman–Crippen LogP) is 2.46. The molecule has 1 fully saturated rings. The second-order valence-corrected chi connectivity index (χ2v) is 4.63. The highest BCUT2D eigenvalue weighted by Gasteiger charge is 2.39. The average Bonchev–Trinajstić information content (AvgIpc) is 2.28. The highest BCUT2D eigenvalue weighted by atomic mass is 32.1. The van der Waals surface area contributed by atoms with E-state index in [0.717, 1.165) is 31.1 Å². The van der Waals surface area contributed by atoms with E-state index in [-0.39, 0.29) is 5.41 Å². The predicted molar refractivity (Wildman–Crippen MR) is 68.7 cm³/mol. The number of methoxy groups -OCH3 is 1. The van der Waals surface area contributed by atoms with Gasteiger partial charge in [-0.15, -0.1) is 0 Å². The summed E-state index contributed by atoms with van der Waals surface area (Å²) in [7, 11) is 1.72. The van der Waals surface area contributed by atoms with Crippen molar-refractivity contribution in [2.75, 3.05) is 26.1 Å². The van der Waals surface area contributed by atoms with Crippen LogP contribution in [-0.4, -0.2) is 26.1 Å². The lowest BCUT2D eigenvalue weighted by atomic mass is 9.79. The third-order valence-electron chi connectivity index (χ3n) is 3.33. The lowest BCUT2D eigenvalue weighted by Crippen LogP contribution is -2.48. The Morgan fingerprint density at radius 2 is 2.19 bits per heavy atom. The van der Waals surface area contributed by atoms with Gasteiger partial charge in [-0.25, -0.2) is 0 Å². The van der Waals surface area contributed by atoms with Gasteiger partial charge in [0, 0.05) is 5.75 Å². The van der Waals surface area contributed by atoms with Crippen LogP contribution in [0, 0.1) is 0 Å². The molecule has 0 aliphatic carbocycles. The SMILES string of the molecule is CCc1cc(C2(CS)COC2)ccc1OC. The van der Waals surface area contributed by atoms with E-state index in [0.29, 0.717) is 0 Å². The summed E-state index contributed by atoms with van der Waals surface area (Å²) >= 11 is 4.44. The lowest BCUT2D eigenvalue weighted by Gasteiger charge is -2.41. The fraction of sp³-hybridized carbons (Fsp3) is 0.538. The zero-order valence-electron chi connectivity index (χ0n) is 9.82. The Morgan fingerprint density at radius 3 is 2.62 bits per heavy atom. The minimum Gasteiger partial charge on any atom is -0.496 e. The molecular formula is C13H18O2S. The molecule has 0 aromatic heterocycles. The molecule has 0 radical (unpaired) electrons. The van der Waals surface area contributed by atoms with Crippen LogP contribution in [0.2, 0.25) is 0 Å². The van der Waals surface area contributed by atoms with Gasteiger partial charge in [-0.1, -0.05) is 19.1 Å². The summed E-state index contributed by atoms with van der Waals surface area (Å²) in [5.74, 6) is 1.81. The fourth-order valence-corrected chi connectivity index (χ4v) is 2.45. The van der Waals surface area contributed by atoms with Crippen molar-refractivity contribution in [2.24, 2.45) is 0 Å². The zero-order valence-corrected chi connectivity index (χ0v) is 10.7. The van der Waals surface area contributed by atoms with Gasteiger partial charge in [0.25, 0.3) is 0 Å². The topological polar surface area (TPSA) is 18.5 Å². The van der Waals surface area contributed by atoms with E-state index >= 15 is 0 Å². The Bertz CT molecular complexity index is 367. The first kappa shape index (κ1) is 11.8. The molecule has 1 heterocycles. The lowest BCUT2D eigenvalue weighted by molar-refractivity contribution is -0.0471. The van der Waals surface area contributed by atoms with E-state index in [9.17, 15) is 0 Å². The first-order chi connectivity index (χ1) is 7.75. The molecule has 88 valence electrons. The molecule has 2 nitrogen and oxygen atoms in total. The molecule has 0 saturated carbocycles. The van der Waals surface area contributed by atoms with Gasteiger partial charge in [0.05, 0.1) is 25.7 Å². The Hall–Kier alpha value is -0.670. The number of benzene rings is 1. The average molecular weight is 238 g/mol. The molecule has 1 aliphatic heterocycles. The van der Waals surface area contributed by atoms with Crippen molar-refractivity contribution in [3.63, 3.8) is 0 Å². The number of thiol groups is 1. The molecule has 2 rings (SSSR count). The maximum Gasteiger partial charge on any atom is 0.122 e. The van der Waals surface area contributed by atoms with Gasteiger partial charge in [-0.05, 0) is 23.6 Å². The molecule has 0 bridgehead atoms. The molecule has 1 saturated heterocycles. The van der Waals surface area contributed by atoms with E-state index in [1.165, 1.54) is 11.1 Å². The zero-order chi connectivity index (χ0) is 11.6. The van der Waals surface area contributed by atoms with E-state index in [2.05, 4.69) is 37.8 Å². The highest BCUT2D eigenvalue weighted by Crippen LogP contribution is 2.35. The van der Waals surface area contributed by atoms with Crippen LogP contribution in [0.5, 0.6) is 5.75 Å². The molecular weight excluding hydrogens is 220 g/mol. The van der Waals surface area contributed by atoms with Crippen LogP contribution >= 0.6 is 12.6 Å². The molecule has 1 aliphatic rings. The number of hydrogen-bond acceptors (Lipinski definition) is 3. The smallest absolute Gasteiger partial charge is 0.122 e. The van der Waals surface area contributed by atoms with Crippen molar-refractivity contribution in [2.45, 2.75) is 18.8 Å².